The van der Waals surface area contributed by atoms with Gasteiger partial charge in [0.1, 0.15) is 5.75 Å². The molecule has 0 aromatic heterocycles. The van der Waals surface area contributed by atoms with Gasteiger partial charge in [0, 0.05) is 31.2 Å². The number of hydrogen-bond acceptors (Lipinski definition) is 4. The first-order chi connectivity index (χ1) is 17.6. The highest BCUT2D eigenvalue weighted by Gasteiger charge is 2.38. The second-order valence-electron chi connectivity index (χ2n) is 9.95. The van der Waals surface area contributed by atoms with E-state index in [2.05, 4.69) is 35.2 Å². The summed E-state index contributed by atoms with van der Waals surface area (Å²) in [5.74, 6) is 1.21. The lowest BCUT2D eigenvalue weighted by Gasteiger charge is -2.45. The molecule has 5 nitrogen and oxygen atoms in total. The maximum absolute atomic E-state index is 13.9. The minimum atomic E-state index is -3.72. The smallest absolute Gasteiger partial charge is 0.264 e. The quantitative estimate of drug-likeness (QED) is 0.391. The van der Waals surface area contributed by atoms with E-state index in [1.54, 1.807) is 35.7 Å². The first-order valence-corrected chi connectivity index (χ1v) is 14.5. The summed E-state index contributed by atoms with van der Waals surface area (Å²) in [6, 6.07) is 27.6. The first kappa shape index (κ1) is 24.8. The van der Waals surface area contributed by atoms with Gasteiger partial charge in [-0.15, -0.1) is 0 Å². The summed E-state index contributed by atoms with van der Waals surface area (Å²) in [6.45, 7) is 1.81. The van der Waals surface area contributed by atoms with Gasteiger partial charge in [-0.1, -0.05) is 67.4 Å². The van der Waals surface area contributed by atoms with Crippen LogP contribution in [0.15, 0.2) is 89.8 Å². The topological polar surface area (TPSA) is 49.9 Å². The molecule has 0 amide bonds. The Balaban J connectivity index is 1.40. The number of anilines is 1. The Hall–Kier alpha value is -2.83. The SMILES string of the molecule is COc1cccc(N(C2CCN(C3CCCCC3c3ccccc3)CC2)S(=O)(=O)c2ccccc2)c1. The molecule has 0 radical (unpaired) electrons. The van der Waals surface area contributed by atoms with E-state index in [9.17, 15) is 8.42 Å². The van der Waals surface area contributed by atoms with Crippen molar-refractivity contribution in [1.29, 1.82) is 0 Å². The fourth-order valence-corrected chi connectivity index (χ4v) is 7.81. The lowest BCUT2D eigenvalue weighted by molar-refractivity contribution is 0.107. The Morgan fingerprint density at radius 1 is 0.806 bits per heavy atom. The van der Waals surface area contributed by atoms with Crippen molar-refractivity contribution in [1.82, 2.24) is 4.90 Å². The summed E-state index contributed by atoms with van der Waals surface area (Å²) in [5, 5.41) is 0. The van der Waals surface area contributed by atoms with Crippen LogP contribution < -0.4 is 9.04 Å². The van der Waals surface area contributed by atoms with Gasteiger partial charge in [0.05, 0.1) is 17.7 Å². The summed E-state index contributed by atoms with van der Waals surface area (Å²) >= 11 is 0. The Kier molecular flexibility index (Phi) is 7.63. The number of piperidine rings is 1. The van der Waals surface area contributed by atoms with Gasteiger partial charge in [-0.3, -0.25) is 9.21 Å². The predicted octanol–water partition coefficient (Wildman–Crippen LogP) is 6.08. The third kappa shape index (κ3) is 5.16. The van der Waals surface area contributed by atoms with Gasteiger partial charge < -0.3 is 4.74 Å². The molecule has 0 bridgehead atoms. The maximum atomic E-state index is 13.9. The van der Waals surface area contributed by atoms with Crippen molar-refractivity contribution >= 4 is 15.7 Å². The number of sulfonamides is 1. The molecule has 1 saturated carbocycles. The molecule has 0 N–H and O–H groups in total. The maximum Gasteiger partial charge on any atom is 0.264 e. The van der Waals surface area contributed by atoms with Crippen molar-refractivity contribution in [3.8, 4) is 5.75 Å². The lowest BCUT2D eigenvalue weighted by atomic mass is 9.78. The van der Waals surface area contributed by atoms with Crippen LogP contribution in [-0.4, -0.2) is 45.6 Å². The average molecular weight is 505 g/mol. The fraction of sp³-hybridized carbons (Fsp3) is 0.400. The summed E-state index contributed by atoms with van der Waals surface area (Å²) in [5.41, 5.74) is 2.10. The van der Waals surface area contributed by atoms with Crippen molar-refractivity contribution in [3.63, 3.8) is 0 Å². The lowest BCUT2D eigenvalue weighted by Crippen LogP contribution is -2.51. The third-order valence-corrected chi connectivity index (χ3v) is 9.76. The van der Waals surface area contributed by atoms with Crippen LogP contribution in [0.2, 0.25) is 0 Å². The molecule has 190 valence electrons. The zero-order valence-electron chi connectivity index (χ0n) is 21.0. The zero-order chi connectivity index (χ0) is 25.0. The summed E-state index contributed by atoms with van der Waals surface area (Å²) in [6.07, 6.45) is 6.61. The van der Waals surface area contributed by atoms with Crippen LogP contribution in [0, 0.1) is 0 Å². The number of ether oxygens (including phenoxy) is 1. The van der Waals surface area contributed by atoms with Crippen LogP contribution >= 0.6 is 0 Å². The van der Waals surface area contributed by atoms with Crippen molar-refractivity contribution in [2.45, 2.75) is 61.4 Å². The van der Waals surface area contributed by atoms with Crippen molar-refractivity contribution in [2.75, 3.05) is 24.5 Å². The van der Waals surface area contributed by atoms with Gasteiger partial charge in [-0.25, -0.2) is 8.42 Å². The number of benzene rings is 3. The summed E-state index contributed by atoms with van der Waals surface area (Å²) in [4.78, 5) is 2.96. The van der Waals surface area contributed by atoms with Crippen LogP contribution in [0.4, 0.5) is 5.69 Å². The molecule has 5 rings (SSSR count). The first-order valence-electron chi connectivity index (χ1n) is 13.1. The molecule has 1 saturated heterocycles. The van der Waals surface area contributed by atoms with E-state index in [4.69, 9.17) is 4.74 Å². The van der Waals surface area contributed by atoms with Crippen molar-refractivity contribution in [3.05, 3.63) is 90.5 Å². The van der Waals surface area contributed by atoms with Gasteiger partial charge in [-0.2, -0.15) is 0 Å². The van der Waals surface area contributed by atoms with Gasteiger partial charge in [0.25, 0.3) is 10.0 Å². The van der Waals surface area contributed by atoms with Crippen LogP contribution in [0.1, 0.15) is 50.0 Å². The molecular weight excluding hydrogens is 468 g/mol. The fourth-order valence-electron chi connectivity index (χ4n) is 6.09. The molecule has 3 aromatic carbocycles. The van der Waals surface area contributed by atoms with Crippen LogP contribution in [0.3, 0.4) is 0 Å². The van der Waals surface area contributed by atoms with E-state index in [0.29, 0.717) is 28.3 Å². The average Bonchev–Trinajstić information content (AvgIpc) is 2.94. The molecule has 1 aliphatic carbocycles. The van der Waals surface area contributed by atoms with Crippen molar-refractivity contribution < 1.29 is 13.2 Å². The Morgan fingerprint density at radius 3 is 2.17 bits per heavy atom. The van der Waals surface area contributed by atoms with E-state index in [1.807, 2.05) is 30.3 Å². The van der Waals surface area contributed by atoms with Gasteiger partial charge in [0.2, 0.25) is 0 Å². The largest absolute Gasteiger partial charge is 0.497 e. The molecule has 2 fully saturated rings. The highest BCUT2D eigenvalue weighted by atomic mass is 32.2. The number of rotatable bonds is 7. The second-order valence-corrected chi connectivity index (χ2v) is 11.8. The van der Waals surface area contributed by atoms with E-state index in [-0.39, 0.29) is 6.04 Å². The van der Waals surface area contributed by atoms with Crippen molar-refractivity contribution in [2.24, 2.45) is 0 Å². The van der Waals surface area contributed by atoms with Crippen LogP contribution in [0.25, 0.3) is 0 Å². The molecule has 3 aromatic rings. The zero-order valence-corrected chi connectivity index (χ0v) is 21.8. The number of hydrogen-bond donors (Lipinski definition) is 0. The normalized spacial score (nSPS) is 21.7. The van der Waals surface area contributed by atoms with Crippen LogP contribution in [0.5, 0.6) is 5.75 Å². The molecule has 0 spiro atoms. The van der Waals surface area contributed by atoms with E-state index in [0.717, 1.165) is 25.9 Å². The molecule has 6 heteroatoms. The molecule has 2 unspecified atom stereocenters. The van der Waals surface area contributed by atoms with E-state index >= 15 is 0 Å². The number of nitrogens with zero attached hydrogens (tertiary/aromatic N) is 2. The summed E-state index contributed by atoms with van der Waals surface area (Å²) < 4.78 is 34.9. The van der Waals surface area contributed by atoms with E-state index < -0.39 is 10.0 Å². The van der Waals surface area contributed by atoms with Gasteiger partial charge >= 0.3 is 0 Å². The summed E-state index contributed by atoms with van der Waals surface area (Å²) in [7, 11) is -2.10. The minimum Gasteiger partial charge on any atom is -0.497 e. The highest BCUT2D eigenvalue weighted by Crippen LogP contribution is 2.39. The molecule has 1 heterocycles. The minimum absolute atomic E-state index is 0.0997. The Bertz CT molecular complexity index is 1230. The predicted molar refractivity (Wildman–Crippen MR) is 145 cm³/mol. The van der Waals surface area contributed by atoms with E-state index in [1.165, 1.54) is 31.2 Å². The standard InChI is InChI=1S/C30H36N2O3S/c1-35-27-14-10-13-26(23-27)32(36(33,34)28-15-6-3-7-16-28)25-19-21-31(22-20-25)30-18-9-8-17-29(30)24-11-4-2-5-12-24/h2-7,10-16,23,25,29-30H,8-9,17-22H2,1H3. The Labute approximate surface area is 215 Å². The molecule has 36 heavy (non-hydrogen) atoms. The van der Waals surface area contributed by atoms with Crippen LogP contribution in [-0.2, 0) is 10.0 Å². The monoisotopic (exact) mass is 504 g/mol. The second kappa shape index (κ2) is 11.1. The third-order valence-electron chi connectivity index (χ3n) is 7.86. The molecule has 2 aliphatic rings. The molecule has 1 aliphatic heterocycles. The number of methoxy groups -OCH3 is 1. The molecular formula is C30H36N2O3S. The Morgan fingerprint density at radius 2 is 1.47 bits per heavy atom. The number of likely N-dealkylation sites (tertiary alicyclic amines) is 1. The van der Waals surface area contributed by atoms with Gasteiger partial charge in [0.15, 0.2) is 0 Å². The van der Waals surface area contributed by atoms with Gasteiger partial charge in [-0.05, 0) is 61.4 Å². The highest BCUT2D eigenvalue weighted by molar-refractivity contribution is 7.92. The molecule has 2 atom stereocenters.